The van der Waals surface area contributed by atoms with E-state index in [1.54, 1.807) is 11.8 Å². The number of thioether (sulfide) groups is 1. The van der Waals surface area contributed by atoms with E-state index >= 15 is 0 Å². The van der Waals surface area contributed by atoms with E-state index in [4.69, 9.17) is 4.52 Å². The Labute approximate surface area is 140 Å². The third-order valence-electron chi connectivity index (χ3n) is 3.52. The van der Waals surface area contributed by atoms with E-state index in [1.807, 2.05) is 19.3 Å². The summed E-state index contributed by atoms with van der Waals surface area (Å²) in [5, 5.41) is 4.93. The molecule has 23 heavy (non-hydrogen) atoms. The van der Waals surface area contributed by atoms with Gasteiger partial charge in [0.15, 0.2) is 11.0 Å². The van der Waals surface area contributed by atoms with Crippen LogP contribution in [0.15, 0.2) is 40.3 Å². The fraction of sp³-hybridized carbons (Fsp3) is 0.353. The molecule has 1 atom stereocenters. The van der Waals surface area contributed by atoms with Crippen LogP contribution in [0.3, 0.4) is 0 Å². The van der Waals surface area contributed by atoms with Gasteiger partial charge in [0.1, 0.15) is 0 Å². The summed E-state index contributed by atoms with van der Waals surface area (Å²) in [6.45, 7) is 8.28. The van der Waals surface area contributed by atoms with Crippen LogP contribution in [0, 0.1) is 13.8 Å². The monoisotopic (exact) mass is 328 g/mol. The Balaban J connectivity index is 1.86. The van der Waals surface area contributed by atoms with Gasteiger partial charge < -0.3 is 4.52 Å². The lowest BCUT2D eigenvalue weighted by Gasteiger charge is -2.11. The average molecular weight is 328 g/mol. The van der Waals surface area contributed by atoms with Gasteiger partial charge in [-0.2, -0.15) is 4.98 Å². The fourth-order valence-electron chi connectivity index (χ4n) is 2.45. The predicted molar refractivity (Wildman–Crippen MR) is 91.0 cm³/mol. The minimum atomic E-state index is 0.0508. The van der Waals surface area contributed by atoms with Crippen LogP contribution in [0.4, 0.5) is 0 Å². The number of nitrogens with zero attached hydrogens (tertiary/aromatic N) is 4. The normalized spacial score (nSPS) is 12.5. The van der Waals surface area contributed by atoms with Crippen molar-refractivity contribution in [3.8, 4) is 5.69 Å². The summed E-state index contributed by atoms with van der Waals surface area (Å²) < 4.78 is 7.43. The molecule has 120 valence electrons. The molecule has 0 amide bonds. The second-order valence-electron chi connectivity index (χ2n) is 5.59. The molecular formula is C17H20N4OS. The zero-order valence-corrected chi connectivity index (χ0v) is 14.6. The van der Waals surface area contributed by atoms with Gasteiger partial charge >= 0.3 is 0 Å². The molecule has 0 aliphatic carbocycles. The van der Waals surface area contributed by atoms with E-state index in [2.05, 4.69) is 58.7 Å². The van der Waals surface area contributed by atoms with Crippen molar-refractivity contribution >= 4 is 11.8 Å². The maximum absolute atomic E-state index is 5.33. The smallest absolute Gasteiger partial charge is 0.239 e. The van der Waals surface area contributed by atoms with E-state index in [-0.39, 0.29) is 5.25 Å². The van der Waals surface area contributed by atoms with Crippen LogP contribution < -0.4 is 0 Å². The third-order valence-corrected chi connectivity index (χ3v) is 4.59. The van der Waals surface area contributed by atoms with Gasteiger partial charge in [-0.25, -0.2) is 4.98 Å². The predicted octanol–water partition coefficient (Wildman–Crippen LogP) is 4.29. The van der Waals surface area contributed by atoms with Gasteiger partial charge in [-0.3, -0.25) is 4.57 Å². The van der Waals surface area contributed by atoms with Crippen molar-refractivity contribution in [1.82, 2.24) is 19.7 Å². The topological polar surface area (TPSA) is 56.7 Å². The Kier molecular flexibility index (Phi) is 4.52. The van der Waals surface area contributed by atoms with Crippen LogP contribution in [0.2, 0.25) is 0 Å². The lowest BCUT2D eigenvalue weighted by molar-refractivity contribution is 0.375. The standard InChI is InChI=1S/C17H20N4OS/c1-5-15-19-16(22-20-15)13(4)23-17-18-6-7-21(17)14-9-11(2)8-12(3)10-14/h6-10,13H,5H2,1-4H3. The molecule has 0 N–H and O–H groups in total. The largest absolute Gasteiger partial charge is 0.338 e. The number of hydrogen-bond donors (Lipinski definition) is 0. The molecule has 0 saturated heterocycles. The van der Waals surface area contributed by atoms with E-state index in [0.717, 1.165) is 23.1 Å². The molecule has 6 heteroatoms. The van der Waals surface area contributed by atoms with Crippen LogP contribution in [0.5, 0.6) is 0 Å². The Morgan fingerprint density at radius 3 is 2.61 bits per heavy atom. The summed E-state index contributed by atoms with van der Waals surface area (Å²) >= 11 is 1.62. The van der Waals surface area contributed by atoms with Crippen LogP contribution >= 0.6 is 11.8 Å². The van der Waals surface area contributed by atoms with Gasteiger partial charge in [0, 0.05) is 24.5 Å². The number of hydrogen-bond acceptors (Lipinski definition) is 5. The molecule has 0 aliphatic rings. The first-order valence-corrected chi connectivity index (χ1v) is 8.56. The summed E-state index contributed by atoms with van der Waals surface area (Å²) in [5.41, 5.74) is 3.60. The summed E-state index contributed by atoms with van der Waals surface area (Å²) in [6, 6.07) is 6.48. The number of rotatable bonds is 5. The summed E-state index contributed by atoms with van der Waals surface area (Å²) in [4.78, 5) is 8.88. The molecule has 0 spiro atoms. The highest BCUT2D eigenvalue weighted by Crippen LogP contribution is 2.34. The van der Waals surface area contributed by atoms with Crippen molar-refractivity contribution in [2.24, 2.45) is 0 Å². The van der Waals surface area contributed by atoms with Gasteiger partial charge in [-0.05, 0) is 44.0 Å². The van der Waals surface area contributed by atoms with Crippen molar-refractivity contribution in [2.45, 2.75) is 44.5 Å². The van der Waals surface area contributed by atoms with Crippen molar-refractivity contribution in [1.29, 1.82) is 0 Å². The molecular weight excluding hydrogens is 308 g/mol. The number of aromatic nitrogens is 4. The number of imidazole rings is 1. The molecule has 3 rings (SSSR count). The molecule has 0 saturated carbocycles. The maximum atomic E-state index is 5.33. The van der Waals surface area contributed by atoms with E-state index in [1.165, 1.54) is 11.1 Å². The van der Waals surface area contributed by atoms with Crippen molar-refractivity contribution < 1.29 is 4.52 Å². The first kappa shape index (κ1) is 15.8. The first-order chi connectivity index (χ1) is 11.1. The maximum Gasteiger partial charge on any atom is 0.239 e. The lowest BCUT2D eigenvalue weighted by Crippen LogP contribution is -1.98. The Morgan fingerprint density at radius 2 is 1.96 bits per heavy atom. The molecule has 0 radical (unpaired) electrons. The number of benzene rings is 1. The van der Waals surface area contributed by atoms with Crippen molar-refractivity contribution in [2.75, 3.05) is 0 Å². The summed E-state index contributed by atoms with van der Waals surface area (Å²) in [6.07, 6.45) is 4.57. The zero-order valence-electron chi connectivity index (χ0n) is 13.8. The quantitative estimate of drug-likeness (QED) is 0.654. The fourth-order valence-corrected chi connectivity index (χ4v) is 3.36. The first-order valence-electron chi connectivity index (χ1n) is 7.68. The zero-order chi connectivity index (χ0) is 16.4. The Bertz CT molecular complexity index is 788. The van der Waals surface area contributed by atoms with Crippen LogP contribution in [0.25, 0.3) is 5.69 Å². The molecule has 5 nitrogen and oxygen atoms in total. The highest BCUT2D eigenvalue weighted by Gasteiger charge is 2.18. The average Bonchev–Trinajstić information content (AvgIpc) is 3.14. The van der Waals surface area contributed by atoms with Gasteiger partial charge in [-0.1, -0.05) is 29.9 Å². The van der Waals surface area contributed by atoms with E-state index in [9.17, 15) is 0 Å². The van der Waals surface area contributed by atoms with Gasteiger partial charge in [-0.15, -0.1) is 0 Å². The molecule has 0 fully saturated rings. The van der Waals surface area contributed by atoms with Crippen LogP contribution in [0.1, 0.15) is 41.9 Å². The SMILES string of the molecule is CCc1noc(C(C)Sc2nccn2-c2cc(C)cc(C)c2)n1. The lowest BCUT2D eigenvalue weighted by atomic mass is 10.1. The Hall–Kier alpha value is -2.08. The minimum Gasteiger partial charge on any atom is -0.338 e. The van der Waals surface area contributed by atoms with E-state index < -0.39 is 0 Å². The second-order valence-corrected chi connectivity index (χ2v) is 6.90. The van der Waals surface area contributed by atoms with Crippen LogP contribution in [-0.4, -0.2) is 19.7 Å². The molecule has 3 aromatic rings. The van der Waals surface area contributed by atoms with Crippen LogP contribution in [-0.2, 0) is 6.42 Å². The highest BCUT2D eigenvalue weighted by molar-refractivity contribution is 7.99. The molecule has 1 aromatic carbocycles. The molecule has 2 aromatic heterocycles. The Morgan fingerprint density at radius 1 is 1.22 bits per heavy atom. The summed E-state index contributed by atoms with van der Waals surface area (Å²) in [7, 11) is 0. The van der Waals surface area contributed by atoms with Crippen molar-refractivity contribution in [3.05, 3.63) is 53.4 Å². The van der Waals surface area contributed by atoms with Gasteiger partial charge in [0.2, 0.25) is 5.89 Å². The second kappa shape index (κ2) is 6.58. The summed E-state index contributed by atoms with van der Waals surface area (Å²) in [5.74, 6) is 1.38. The molecule has 0 aliphatic heterocycles. The van der Waals surface area contributed by atoms with Gasteiger partial charge in [0.05, 0.1) is 5.25 Å². The number of aryl methyl sites for hydroxylation is 3. The van der Waals surface area contributed by atoms with Crippen molar-refractivity contribution in [3.63, 3.8) is 0 Å². The highest BCUT2D eigenvalue weighted by atomic mass is 32.2. The molecule has 1 unspecified atom stereocenters. The van der Waals surface area contributed by atoms with E-state index in [0.29, 0.717) is 5.89 Å². The van der Waals surface area contributed by atoms with Gasteiger partial charge in [0.25, 0.3) is 0 Å². The molecule has 0 bridgehead atoms. The molecule has 2 heterocycles. The minimum absolute atomic E-state index is 0.0508. The third kappa shape index (κ3) is 3.47.